The normalized spacial score (nSPS) is 10.8. The number of fused-ring (bicyclic) bond motifs is 1. The van der Waals surface area contributed by atoms with Gasteiger partial charge in [-0.2, -0.15) is 0 Å². The van der Waals surface area contributed by atoms with Gasteiger partial charge in [0.1, 0.15) is 12.4 Å². The summed E-state index contributed by atoms with van der Waals surface area (Å²) < 4.78 is 8.02. The van der Waals surface area contributed by atoms with Crippen molar-refractivity contribution in [1.29, 1.82) is 0 Å². The average Bonchev–Trinajstić information content (AvgIpc) is 2.77. The van der Waals surface area contributed by atoms with Crippen LogP contribution in [0.2, 0.25) is 0 Å². The predicted octanol–water partition coefficient (Wildman–Crippen LogP) is 4.07. The van der Waals surface area contributed by atoms with Gasteiger partial charge in [-0.1, -0.05) is 30.3 Å². The Kier molecular flexibility index (Phi) is 3.00. The predicted molar refractivity (Wildman–Crippen MR) is 78.4 cm³/mol. The van der Waals surface area contributed by atoms with Crippen molar-refractivity contribution in [2.45, 2.75) is 13.5 Å². The number of ether oxygens (including phenoxy) is 1. The van der Waals surface area contributed by atoms with Gasteiger partial charge in [0, 0.05) is 18.0 Å². The number of benzene rings is 2. The van der Waals surface area contributed by atoms with E-state index in [0.717, 1.165) is 5.75 Å². The Bertz CT molecular complexity index is 698. The highest BCUT2D eigenvalue weighted by atomic mass is 16.5. The average molecular weight is 251 g/mol. The number of hydrogen-bond acceptors (Lipinski definition) is 1. The smallest absolute Gasteiger partial charge is 0.128 e. The highest BCUT2D eigenvalue weighted by Gasteiger charge is 2.07. The Labute approximate surface area is 113 Å². The molecule has 0 aliphatic rings. The van der Waals surface area contributed by atoms with Crippen LogP contribution < -0.4 is 4.74 Å². The highest BCUT2D eigenvalue weighted by molar-refractivity contribution is 5.84. The van der Waals surface area contributed by atoms with Crippen molar-refractivity contribution < 1.29 is 4.74 Å². The van der Waals surface area contributed by atoms with Crippen molar-refractivity contribution in [3.05, 3.63) is 65.9 Å². The van der Waals surface area contributed by atoms with Crippen LogP contribution >= 0.6 is 0 Å². The lowest BCUT2D eigenvalue weighted by atomic mass is 10.1. The molecule has 0 aliphatic heterocycles. The van der Waals surface area contributed by atoms with E-state index in [-0.39, 0.29) is 0 Å². The van der Waals surface area contributed by atoms with Crippen LogP contribution in [0.4, 0.5) is 0 Å². The van der Waals surface area contributed by atoms with Gasteiger partial charge in [-0.15, -0.1) is 0 Å². The monoisotopic (exact) mass is 251 g/mol. The van der Waals surface area contributed by atoms with Crippen LogP contribution in [0.5, 0.6) is 5.75 Å². The molecule has 0 saturated carbocycles. The highest BCUT2D eigenvalue weighted by Crippen LogP contribution is 2.23. The molecule has 0 saturated heterocycles. The molecule has 0 spiro atoms. The van der Waals surface area contributed by atoms with Crippen molar-refractivity contribution in [3.8, 4) is 5.75 Å². The van der Waals surface area contributed by atoms with E-state index in [2.05, 4.69) is 42.8 Å². The molecule has 19 heavy (non-hydrogen) atoms. The molecule has 2 nitrogen and oxygen atoms in total. The Morgan fingerprint density at radius 1 is 1.00 bits per heavy atom. The molecule has 1 heterocycles. The van der Waals surface area contributed by atoms with Gasteiger partial charge in [0.05, 0.1) is 5.69 Å². The van der Waals surface area contributed by atoms with E-state index in [4.69, 9.17) is 4.74 Å². The second-order valence-corrected chi connectivity index (χ2v) is 4.80. The van der Waals surface area contributed by atoms with Gasteiger partial charge < -0.3 is 9.30 Å². The number of rotatable bonds is 3. The van der Waals surface area contributed by atoms with E-state index >= 15 is 0 Å². The third-order valence-corrected chi connectivity index (χ3v) is 3.53. The Morgan fingerprint density at radius 2 is 1.79 bits per heavy atom. The molecule has 2 aromatic carbocycles. The van der Waals surface area contributed by atoms with E-state index in [0.29, 0.717) is 6.61 Å². The Balaban J connectivity index is 1.89. The molecule has 0 amide bonds. The molecule has 2 heteroatoms. The van der Waals surface area contributed by atoms with Crippen LogP contribution in [-0.2, 0) is 13.7 Å². The van der Waals surface area contributed by atoms with Crippen LogP contribution in [0.25, 0.3) is 10.9 Å². The van der Waals surface area contributed by atoms with Crippen LogP contribution in [0.15, 0.2) is 54.6 Å². The fourth-order valence-electron chi connectivity index (χ4n) is 2.38. The van der Waals surface area contributed by atoms with E-state index in [1.165, 1.54) is 22.2 Å². The first-order chi connectivity index (χ1) is 9.25. The second kappa shape index (κ2) is 4.81. The van der Waals surface area contributed by atoms with Gasteiger partial charge in [-0.25, -0.2) is 0 Å². The first-order valence-corrected chi connectivity index (χ1v) is 6.47. The van der Waals surface area contributed by atoms with Gasteiger partial charge >= 0.3 is 0 Å². The summed E-state index contributed by atoms with van der Waals surface area (Å²) in [6.45, 7) is 2.73. The summed E-state index contributed by atoms with van der Waals surface area (Å²) in [5.74, 6) is 0.907. The molecule has 3 rings (SSSR count). The van der Waals surface area contributed by atoms with Gasteiger partial charge in [-0.3, -0.25) is 0 Å². The minimum Gasteiger partial charge on any atom is -0.487 e. The van der Waals surface area contributed by atoms with Gasteiger partial charge in [0.25, 0.3) is 0 Å². The van der Waals surface area contributed by atoms with Gasteiger partial charge in [0.2, 0.25) is 0 Å². The molecular formula is C17H17NO. The van der Waals surface area contributed by atoms with Crippen molar-refractivity contribution in [2.75, 3.05) is 0 Å². The molecule has 96 valence electrons. The van der Waals surface area contributed by atoms with Crippen LogP contribution in [0.3, 0.4) is 0 Å². The van der Waals surface area contributed by atoms with Crippen LogP contribution in [0.1, 0.15) is 11.3 Å². The van der Waals surface area contributed by atoms with Crippen molar-refractivity contribution in [1.82, 2.24) is 4.57 Å². The SMILES string of the molecule is Cc1cccc2c1cc(COc1ccccc1)n2C. The molecule has 0 unspecified atom stereocenters. The fraction of sp³-hybridized carbons (Fsp3) is 0.176. The Morgan fingerprint density at radius 3 is 2.53 bits per heavy atom. The molecule has 0 N–H and O–H groups in total. The molecule has 0 atom stereocenters. The molecule has 0 radical (unpaired) electrons. The quantitative estimate of drug-likeness (QED) is 0.684. The summed E-state index contributed by atoms with van der Waals surface area (Å²) in [7, 11) is 2.09. The molecular weight excluding hydrogens is 234 g/mol. The second-order valence-electron chi connectivity index (χ2n) is 4.80. The van der Waals surface area contributed by atoms with Crippen molar-refractivity contribution in [2.24, 2.45) is 7.05 Å². The maximum absolute atomic E-state index is 5.82. The fourth-order valence-corrected chi connectivity index (χ4v) is 2.38. The lowest BCUT2D eigenvalue weighted by molar-refractivity contribution is 0.298. The largest absolute Gasteiger partial charge is 0.487 e. The van der Waals surface area contributed by atoms with Crippen molar-refractivity contribution >= 4 is 10.9 Å². The molecule has 0 bridgehead atoms. The summed E-state index contributed by atoms with van der Waals surface area (Å²) in [6.07, 6.45) is 0. The molecule has 0 fully saturated rings. The maximum Gasteiger partial charge on any atom is 0.128 e. The first kappa shape index (κ1) is 11.8. The summed E-state index contributed by atoms with van der Waals surface area (Å²) in [4.78, 5) is 0. The molecule has 0 aliphatic carbocycles. The summed E-state index contributed by atoms with van der Waals surface area (Å²) in [5, 5.41) is 1.30. The van der Waals surface area contributed by atoms with Crippen LogP contribution in [0, 0.1) is 6.92 Å². The zero-order valence-electron chi connectivity index (χ0n) is 11.3. The number of para-hydroxylation sites is 1. The third kappa shape index (κ3) is 2.22. The number of aryl methyl sites for hydroxylation is 2. The van der Waals surface area contributed by atoms with E-state index in [1.807, 2.05) is 30.3 Å². The molecule has 3 aromatic rings. The number of aromatic nitrogens is 1. The maximum atomic E-state index is 5.82. The van der Waals surface area contributed by atoms with Crippen LogP contribution in [-0.4, -0.2) is 4.57 Å². The zero-order valence-corrected chi connectivity index (χ0v) is 11.3. The zero-order chi connectivity index (χ0) is 13.2. The number of nitrogens with zero attached hydrogens (tertiary/aromatic N) is 1. The topological polar surface area (TPSA) is 14.2 Å². The van der Waals surface area contributed by atoms with E-state index < -0.39 is 0 Å². The minimum atomic E-state index is 0.592. The summed E-state index contributed by atoms with van der Waals surface area (Å²) in [6, 6.07) is 18.5. The first-order valence-electron chi connectivity index (χ1n) is 6.47. The van der Waals surface area contributed by atoms with E-state index in [9.17, 15) is 0 Å². The minimum absolute atomic E-state index is 0.592. The lowest BCUT2D eigenvalue weighted by Gasteiger charge is -2.07. The van der Waals surface area contributed by atoms with Gasteiger partial charge in [-0.05, 0) is 36.8 Å². The lowest BCUT2D eigenvalue weighted by Crippen LogP contribution is -2.01. The summed E-state index contributed by atoms with van der Waals surface area (Å²) >= 11 is 0. The van der Waals surface area contributed by atoms with Crippen molar-refractivity contribution in [3.63, 3.8) is 0 Å². The van der Waals surface area contributed by atoms with E-state index in [1.54, 1.807) is 0 Å². The summed E-state index contributed by atoms with van der Waals surface area (Å²) in [5.41, 5.74) is 3.75. The third-order valence-electron chi connectivity index (χ3n) is 3.53. The Hall–Kier alpha value is -2.22. The molecule has 1 aromatic heterocycles. The number of hydrogen-bond donors (Lipinski definition) is 0. The van der Waals surface area contributed by atoms with Gasteiger partial charge in [0.15, 0.2) is 0 Å². The standard InChI is InChI=1S/C17H17NO/c1-13-7-6-10-17-16(13)11-14(18(17)2)12-19-15-8-4-3-5-9-15/h3-11H,12H2,1-2H3.